The molecule has 3 rings (SSSR count). The molecule has 102 valence electrons. The van der Waals surface area contributed by atoms with Crippen LogP contribution in [0.2, 0.25) is 0 Å². The Balaban J connectivity index is 1.72. The fourth-order valence-corrected chi connectivity index (χ4v) is 2.98. The lowest BCUT2D eigenvalue weighted by molar-refractivity contribution is -0.116. The highest BCUT2D eigenvalue weighted by molar-refractivity contribution is 5.93. The van der Waals surface area contributed by atoms with Gasteiger partial charge in [0.15, 0.2) is 0 Å². The monoisotopic (exact) mass is 259 g/mol. The van der Waals surface area contributed by atoms with Gasteiger partial charge in [0.1, 0.15) is 0 Å². The van der Waals surface area contributed by atoms with Crippen molar-refractivity contribution in [3.8, 4) is 0 Å². The Morgan fingerprint density at radius 3 is 2.84 bits per heavy atom. The molecule has 3 N–H and O–H groups in total. The van der Waals surface area contributed by atoms with Crippen LogP contribution in [0.25, 0.3) is 0 Å². The summed E-state index contributed by atoms with van der Waals surface area (Å²) in [5.41, 5.74) is 9.66. The normalized spacial score (nSPS) is 21.0. The molecule has 1 saturated heterocycles. The van der Waals surface area contributed by atoms with Crippen LogP contribution in [-0.4, -0.2) is 30.4 Å². The third-order valence-corrected chi connectivity index (χ3v) is 4.11. The van der Waals surface area contributed by atoms with Gasteiger partial charge in [-0.25, -0.2) is 0 Å². The molecule has 19 heavy (non-hydrogen) atoms. The minimum atomic E-state index is 0.0704. The first-order valence-electron chi connectivity index (χ1n) is 7.13. The summed E-state index contributed by atoms with van der Waals surface area (Å²) in [4.78, 5) is 13.8. The Kier molecular flexibility index (Phi) is 3.53. The molecule has 2 aliphatic heterocycles. The largest absolute Gasteiger partial charge is 0.326 e. The van der Waals surface area contributed by atoms with Gasteiger partial charge in [-0.3, -0.25) is 4.79 Å². The van der Waals surface area contributed by atoms with Crippen LogP contribution in [0.5, 0.6) is 0 Å². The van der Waals surface area contributed by atoms with E-state index in [0.29, 0.717) is 6.42 Å². The Morgan fingerprint density at radius 2 is 2.05 bits per heavy atom. The summed E-state index contributed by atoms with van der Waals surface area (Å²) < 4.78 is 0. The SMILES string of the molecule is NC(CN1CCCC1)c1ccc2c(c1)CCC(=O)N2. The molecule has 0 radical (unpaired) electrons. The Bertz CT molecular complexity index is 480. The highest BCUT2D eigenvalue weighted by Gasteiger charge is 2.19. The summed E-state index contributed by atoms with van der Waals surface area (Å²) >= 11 is 0. The van der Waals surface area contributed by atoms with Crippen molar-refractivity contribution < 1.29 is 4.79 Å². The zero-order valence-electron chi connectivity index (χ0n) is 11.2. The van der Waals surface area contributed by atoms with Gasteiger partial charge in [-0.2, -0.15) is 0 Å². The van der Waals surface area contributed by atoms with Gasteiger partial charge in [-0.15, -0.1) is 0 Å². The molecule has 1 aromatic rings. The highest BCUT2D eigenvalue weighted by Crippen LogP contribution is 2.26. The molecule has 1 fully saturated rings. The number of nitrogens with one attached hydrogen (secondary N) is 1. The van der Waals surface area contributed by atoms with Crippen LogP contribution in [0.15, 0.2) is 18.2 Å². The third-order valence-electron chi connectivity index (χ3n) is 4.11. The van der Waals surface area contributed by atoms with Gasteiger partial charge in [-0.05, 0) is 49.5 Å². The second kappa shape index (κ2) is 5.31. The second-order valence-corrected chi connectivity index (χ2v) is 5.58. The summed E-state index contributed by atoms with van der Waals surface area (Å²) in [6.45, 7) is 3.29. The van der Waals surface area contributed by atoms with E-state index in [2.05, 4.69) is 16.3 Å². The number of nitrogens with two attached hydrogens (primary N) is 1. The van der Waals surface area contributed by atoms with E-state index in [-0.39, 0.29) is 11.9 Å². The second-order valence-electron chi connectivity index (χ2n) is 5.58. The molecule has 1 unspecified atom stereocenters. The average Bonchev–Trinajstić information content (AvgIpc) is 2.91. The zero-order chi connectivity index (χ0) is 13.2. The fraction of sp³-hybridized carbons (Fsp3) is 0.533. The summed E-state index contributed by atoms with van der Waals surface area (Å²) in [6, 6.07) is 6.27. The van der Waals surface area contributed by atoms with Crippen LogP contribution in [-0.2, 0) is 11.2 Å². The number of anilines is 1. The predicted octanol–water partition coefficient (Wildman–Crippen LogP) is 1.67. The third kappa shape index (κ3) is 2.80. The lowest BCUT2D eigenvalue weighted by atomic mass is 9.97. The number of hydrogen-bond donors (Lipinski definition) is 2. The number of carbonyl (C=O) groups excluding carboxylic acids is 1. The molecule has 2 aliphatic rings. The number of hydrogen-bond acceptors (Lipinski definition) is 3. The maximum absolute atomic E-state index is 11.3. The molecule has 0 bridgehead atoms. The Morgan fingerprint density at radius 1 is 1.26 bits per heavy atom. The van der Waals surface area contributed by atoms with Crippen LogP contribution < -0.4 is 11.1 Å². The summed E-state index contributed by atoms with van der Waals surface area (Å²) in [5.74, 6) is 0.113. The average molecular weight is 259 g/mol. The lowest BCUT2D eigenvalue weighted by Crippen LogP contribution is -2.30. The predicted molar refractivity (Wildman–Crippen MR) is 76.0 cm³/mol. The molecule has 1 atom stereocenters. The van der Waals surface area contributed by atoms with Gasteiger partial charge in [0, 0.05) is 24.7 Å². The Labute approximate surface area is 114 Å². The number of nitrogens with zero attached hydrogens (tertiary/aromatic N) is 1. The van der Waals surface area contributed by atoms with Crippen LogP contribution in [0, 0.1) is 0 Å². The van der Waals surface area contributed by atoms with Gasteiger partial charge in [0.25, 0.3) is 0 Å². The van der Waals surface area contributed by atoms with E-state index in [0.717, 1.165) is 18.7 Å². The molecule has 0 aromatic heterocycles. The van der Waals surface area contributed by atoms with Crippen molar-refractivity contribution in [1.82, 2.24) is 4.90 Å². The van der Waals surface area contributed by atoms with E-state index in [4.69, 9.17) is 5.73 Å². The van der Waals surface area contributed by atoms with E-state index in [9.17, 15) is 4.79 Å². The molecule has 4 heteroatoms. The number of carbonyl (C=O) groups is 1. The van der Waals surface area contributed by atoms with E-state index >= 15 is 0 Å². The van der Waals surface area contributed by atoms with Crippen LogP contribution in [0.4, 0.5) is 5.69 Å². The van der Waals surface area contributed by atoms with Crippen LogP contribution in [0.1, 0.15) is 36.4 Å². The first-order chi connectivity index (χ1) is 9.22. The smallest absolute Gasteiger partial charge is 0.224 e. The van der Waals surface area contributed by atoms with Crippen molar-refractivity contribution in [3.05, 3.63) is 29.3 Å². The van der Waals surface area contributed by atoms with Crippen molar-refractivity contribution in [2.24, 2.45) is 5.73 Å². The van der Waals surface area contributed by atoms with Crippen LogP contribution in [0.3, 0.4) is 0 Å². The van der Waals surface area contributed by atoms with Gasteiger partial charge in [-0.1, -0.05) is 12.1 Å². The number of benzene rings is 1. The summed E-state index contributed by atoms with van der Waals surface area (Å²) in [7, 11) is 0. The van der Waals surface area contributed by atoms with Gasteiger partial charge in [0.2, 0.25) is 5.91 Å². The fourth-order valence-electron chi connectivity index (χ4n) is 2.98. The van der Waals surface area contributed by atoms with E-state index in [1.54, 1.807) is 0 Å². The van der Waals surface area contributed by atoms with Crippen LogP contribution >= 0.6 is 0 Å². The first kappa shape index (κ1) is 12.6. The number of aryl methyl sites for hydroxylation is 1. The maximum atomic E-state index is 11.3. The molecule has 4 nitrogen and oxygen atoms in total. The molecule has 2 heterocycles. The van der Waals surface area contributed by atoms with E-state index in [1.165, 1.54) is 37.1 Å². The Hall–Kier alpha value is -1.39. The molecule has 1 aromatic carbocycles. The van der Waals surface area contributed by atoms with Gasteiger partial charge in [0.05, 0.1) is 0 Å². The topological polar surface area (TPSA) is 58.4 Å². The number of amides is 1. The standard InChI is InChI=1S/C15H21N3O/c16-13(10-18-7-1-2-8-18)11-3-5-14-12(9-11)4-6-15(19)17-14/h3,5,9,13H,1-2,4,6-8,10,16H2,(H,17,19). The molecule has 0 spiro atoms. The van der Waals surface area contributed by atoms with Crippen molar-refractivity contribution in [3.63, 3.8) is 0 Å². The van der Waals surface area contributed by atoms with Crippen molar-refractivity contribution >= 4 is 11.6 Å². The number of fused-ring (bicyclic) bond motifs is 1. The zero-order valence-corrected chi connectivity index (χ0v) is 11.2. The first-order valence-corrected chi connectivity index (χ1v) is 7.13. The quantitative estimate of drug-likeness (QED) is 0.868. The number of likely N-dealkylation sites (tertiary alicyclic amines) is 1. The minimum Gasteiger partial charge on any atom is -0.326 e. The van der Waals surface area contributed by atoms with Crippen molar-refractivity contribution in [1.29, 1.82) is 0 Å². The number of rotatable bonds is 3. The molecular weight excluding hydrogens is 238 g/mol. The van der Waals surface area contributed by atoms with E-state index in [1.807, 2.05) is 12.1 Å². The van der Waals surface area contributed by atoms with Gasteiger partial charge >= 0.3 is 0 Å². The molecular formula is C15H21N3O. The minimum absolute atomic E-state index is 0.0704. The molecule has 0 saturated carbocycles. The van der Waals surface area contributed by atoms with Crippen molar-refractivity contribution in [2.75, 3.05) is 25.0 Å². The summed E-state index contributed by atoms with van der Waals surface area (Å²) in [6.07, 6.45) is 4.00. The lowest BCUT2D eigenvalue weighted by Gasteiger charge is -2.23. The van der Waals surface area contributed by atoms with E-state index < -0.39 is 0 Å². The molecule has 1 amide bonds. The molecule has 0 aliphatic carbocycles. The van der Waals surface area contributed by atoms with Gasteiger partial charge < -0.3 is 16.0 Å². The highest BCUT2D eigenvalue weighted by atomic mass is 16.1. The summed E-state index contributed by atoms with van der Waals surface area (Å²) in [5, 5.41) is 2.91. The maximum Gasteiger partial charge on any atom is 0.224 e. The van der Waals surface area contributed by atoms with Crippen molar-refractivity contribution in [2.45, 2.75) is 31.7 Å².